The fraction of sp³-hybridized carbons (Fsp3) is 0.111. The molecule has 0 saturated carbocycles. The van der Waals surface area contributed by atoms with E-state index in [1.807, 2.05) is 29.7 Å². The van der Waals surface area contributed by atoms with Gasteiger partial charge in [-0.25, -0.2) is 0 Å². The number of thioether (sulfide) groups is 1. The number of hydrogen-bond donors (Lipinski definition) is 0. The molecule has 0 unspecified atom stereocenters. The highest BCUT2D eigenvalue weighted by Crippen LogP contribution is 2.26. The first-order valence-electron chi connectivity index (χ1n) is 3.54. The quantitative estimate of drug-likeness (QED) is 0.764. The van der Waals surface area contributed by atoms with Crippen LogP contribution < -0.4 is 4.74 Å². The number of rotatable bonds is 3. The first-order valence-corrected chi connectivity index (χ1v) is 6.01. The molecule has 4 heteroatoms. The molecule has 0 spiro atoms. The summed E-state index contributed by atoms with van der Waals surface area (Å²) < 4.78 is 6.00. The Morgan fingerprint density at radius 2 is 1.92 bits per heavy atom. The van der Waals surface area contributed by atoms with Crippen LogP contribution in [0.3, 0.4) is 0 Å². The van der Waals surface area contributed by atoms with E-state index < -0.39 is 0 Å². The number of ether oxygens (including phenoxy) is 1. The Labute approximate surface area is 98.8 Å². The molecule has 0 radical (unpaired) electrons. The Bertz CT molecular complexity index is 291. The summed E-state index contributed by atoms with van der Waals surface area (Å²) in [5, 5.41) is 1.97. The predicted octanol–water partition coefficient (Wildman–Crippen LogP) is 4.38. The van der Waals surface area contributed by atoms with Crippen molar-refractivity contribution in [3.8, 4) is 5.75 Å². The van der Waals surface area contributed by atoms with Crippen LogP contribution >= 0.6 is 43.6 Å². The Balaban J connectivity index is 2.64. The summed E-state index contributed by atoms with van der Waals surface area (Å²) in [5.74, 6) is 0.881. The molecule has 0 fully saturated rings. The monoisotopic (exact) mass is 322 g/mol. The van der Waals surface area contributed by atoms with E-state index in [1.165, 1.54) is 4.90 Å². The second kappa shape index (κ2) is 5.73. The molecule has 1 nitrogen and oxygen atoms in total. The highest BCUT2D eigenvalue weighted by Gasteiger charge is 1.92. The van der Waals surface area contributed by atoms with Gasteiger partial charge in [0.1, 0.15) is 5.75 Å². The summed E-state index contributed by atoms with van der Waals surface area (Å²) in [6, 6.07) is 7.92. The summed E-state index contributed by atoms with van der Waals surface area (Å²) in [6.07, 6.45) is 0. The van der Waals surface area contributed by atoms with E-state index >= 15 is 0 Å². The van der Waals surface area contributed by atoms with Crippen LogP contribution in [0.25, 0.3) is 0 Å². The smallest absolute Gasteiger partial charge is 0.118 e. The zero-order valence-electron chi connectivity index (χ0n) is 6.96. The average molecular weight is 324 g/mol. The number of benzene rings is 1. The molecule has 0 aliphatic carbocycles. The standard InChI is InChI=1S/C9H8Br2OS/c1-12-7-2-4-8(5-3-7)13-6-9(10)11/h2-6H,1H3. The highest BCUT2D eigenvalue weighted by atomic mass is 79.9. The van der Waals surface area contributed by atoms with E-state index in [0.717, 1.165) is 9.14 Å². The minimum absolute atomic E-state index is 0.881. The maximum Gasteiger partial charge on any atom is 0.118 e. The van der Waals surface area contributed by atoms with Crippen molar-refractivity contribution >= 4 is 43.6 Å². The van der Waals surface area contributed by atoms with Crippen molar-refractivity contribution in [3.63, 3.8) is 0 Å². The lowest BCUT2D eigenvalue weighted by Crippen LogP contribution is -1.80. The van der Waals surface area contributed by atoms with Crippen molar-refractivity contribution in [2.24, 2.45) is 0 Å². The maximum atomic E-state index is 5.05. The zero-order valence-corrected chi connectivity index (χ0v) is 10.9. The minimum Gasteiger partial charge on any atom is -0.497 e. The Kier molecular flexibility index (Phi) is 4.91. The van der Waals surface area contributed by atoms with Crippen LogP contribution in [0.1, 0.15) is 0 Å². The van der Waals surface area contributed by atoms with Gasteiger partial charge in [0.25, 0.3) is 0 Å². The van der Waals surface area contributed by atoms with E-state index in [1.54, 1.807) is 18.9 Å². The Morgan fingerprint density at radius 3 is 2.38 bits per heavy atom. The van der Waals surface area contributed by atoms with Crippen molar-refractivity contribution < 1.29 is 4.74 Å². The third kappa shape index (κ3) is 4.20. The topological polar surface area (TPSA) is 9.23 Å². The van der Waals surface area contributed by atoms with Crippen LogP contribution in [0.15, 0.2) is 38.0 Å². The maximum absolute atomic E-state index is 5.05. The molecule has 0 aromatic heterocycles. The highest BCUT2D eigenvalue weighted by molar-refractivity contribution is 9.28. The van der Waals surface area contributed by atoms with Gasteiger partial charge >= 0.3 is 0 Å². The van der Waals surface area contributed by atoms with E-state index in [2.05, 4.69) is 31.9 Å². The summed E-state index contributed by atoms with van der Waals surface area (Å²) in [7, 11) is 1.66. The summed E-state index contributed by atoms with van der Waals surface area (Å²) in [6.45, 7) is 0. The minimum atomic E-state index is 0.881. The number of hydrogen-bond acceptors (Lipinski definition) is 2. The molecule has 0 heterocycles. The molecular weight excluding hydrogens is 316 g/mol. The van der Waals surface area contributed by atoms with Gasteiger partial charge in [0.05, 0.1) is 10.5 Å². The van der Waals surface area contributed by atoms with Crippen LogP contribution in [0.4, 0.5) is 0 Å². The Morgan fingerprint density at radius 1 is 1.31 bits per heavy atom. The molecule has 0 aliphatic rings. The van der Waals surface area contributed by atoms with Gasteiger partial charge in [-0.2, -0.15) is 0 Å². The second-order valence-corrected chi connectivity index (χ2v) is 5.92. The molecule has 0 amide bonds. The van der Waals surface area contributed by atoms with Crippen molar-refractivity contribution in [3.05, 3.63) is 33.1 Å². The third-order valence-electron chi connectivity index (χ3n) is 1.34. The summed E-state index contributed by atoms with van der Waals surface area (Å²) in [5.41, 5.74) is 0. The molecule has 70 valence electrons. The molecule has 1 rings (SSSR count). The van der Waals surface area contributed by atoms with E-state index in [9.17, 15) is 0 Å². The van der Waals surface area contributed by atoms with Crippen LogP contribution in [0.5, 0.6) is 5.75 Å². The largest absolute Gasteiger partial charge is 0.497 e. The number of halogens is 2. The lowest BCUT2D eigenvalue weighted by molar-refractivity contribution is 0.414. The molecule has 1 aromatic carbocycles. The van der Waals surface area contributed by atoms with E-state index in [0.29, 0.717) is 0 Å². The fourth-order valence-corrected chi connectivity index (χ4v) is 1.85. The lowest BCUT2D eigenvalue weighted by Gasteiger charge is -1.99. The fourth-order valence-electron chi connectivity index (χ4n) is 0.767. The summed E-state index contributed by atoms with van der Waals surface area (Å²) >= 11 is 8.22. The van der Waals surface area contributed by atoms with Gasteiger partial charge in [-0.05, 0) is 61.5 Å². The van der Waals surface area contributed by atoms with Crippen molar-refractivity contribution in [2.45, 2.75) is 4.90 Å². The normalized spacial score (nSPS) is 9.46. The van der Waals surface area contributed by atoms with Gasteiger partial charge in [-0.15, -0.1) is 0 Å². The molecule has 13 heavy (non-hydrogen) atoms. The van der Waals surface area contributed by atoms with Gasteiger partial charge < -0.3 is 4.74 Å². The summed E-state index contributed by atoms with van der Waals surface area (Å²) in [4.78, 5) is 1.18. The molecule has 0 N–H and O–H groups in total. The molecule has 0 saturated heterocycles. The van der Waals surface area contributed by atoms with E-state index in [4.69, 9.17) is 4.74 Å². The SMILES string of the molecule is COc1ccc(SC=C(Br)Br)cc1. The van der Waals surface area contributed by atoms with Crippen LogP contribution in [0.2, 0.25) is 0 Å². The number of methoxy groups -OCH3 is 1. The van der Waals surface area contributed by atoms with Gasteiger partial charge in [-0.3, -0.25) is 0 Å². The lowest BCUT2D eigenvalue weighted by atomic mass is 10.3. The van der Waals surface area contributed by atoms with Crippen LogP contribution in [-0.4, -0.2) is 7.11 Å². The Hall–Kier alpha value is 0.0700. The molecule has 1 aromatic rings. The van der Waals surface area contributed by atoms with Gasteiger partial charge in [0.2, 0.25) is 0 Å². The molecule has 0 atom stereocenters. The molecular formula is C9H8Br2OS. The second-order valence-electron chi connectivity index (χ2n) is 2.20. The van der Waals surface area contributed by atoms with Crippen molar-refractivity contribution in [1.82, 2.24) is 0 Å². The van der Waals surface area contributed by atoms with Gasteiger partial charge in [0.15, 0.2) is 0 Å². The average Bonchev–Trinajstić information content (AvgIpc) is 2.15. The third-order valence-corrected chi connectivity index (χ3v) is 3.31. The van der Waals surface area contributed by atoms with E-state index in [-0.39, 0.29) is 0 Å². The first-order chi connectivity index (χ1) is 6.22. The van der Waals surface area contributed by atoms with Gasteiger partial charge in [-0.1, -0.05) is 11.8 Å². The van der Waals surface area contributed by atoms with Gasteiger partial charge in [0, 0.05) is 4.90 Å². The van der Waals surface area contributed by atoms with Crippen LogP contribution in [-0.2, 0) is 0 Å². The first kappa shape index (κ1) is 11.1. The molecule has 0 aliphatic heterocycles. The molecule has 0 bridgehead atoms. The van der Waals surface area contributed by atoms with Crippen molar-refractivity contribution in [2.75, 3.05) is 7.11 Å². The van der Waals surface area contributed by atoms with Crippen LogP contribution in [0, 0.1) is 0 Å². The zero-order chi connectivity index (χ0) is 9.68. The predicted molar refractivity (Wildman–Crippen MR) is 64.8 cm³/mol. The van der Waals surface area contributed by atoms with Crippen molar-refractivity contribution in [1.29, 1.82) is 0 Å².